The van der Waals surface area contributed by atoms with Gasteiger partial charge in [0, 0.05) is 25.4 Å². The highest BCUT2D eigenvalue weighted by atomic mass is 16.6. The van der Waals surface area contributed by atoms with Crippen molar-refractivity contribution in [3.8, 4) is 11.5 Å². The number of nitrogens with zero attached hydrogens (tertiary/aromatic N) is 3. The lowest BCUT2D eigenvalue weighted by Crippen LogP contribution is -2.27. The summed E-state index contributed by atoms with van der Waals surface area (Å²) in [5.74, 6) is 1.45. The second-order valence-corrected chi connectivity index (χ2v) is 6.73. The molecular weight excluding hydrogens is 358 g/mol. The number of ether oxygens (including phenoxy) is 2. The van der Waals surface area contributed by atoms with E-state index in [1.165, 1.54) is 6.20 Å². The molecule has 1 aliphatic heterocycles. The number of amides is 1. The Kier molecular flexibility index (Phi) is 4.97. The van der Waals surface area contributed by atoms with Crippen molar-refractivity contribution in [2.75, 3.05) is 20.3 Å². The van der Waals surface area contributed by atoms with Crippen LogP contribution in [-0.2, 0) is 17.9 Å². The van der Waals surface area contributed by atoms with E-state index in [1.807, 2.05) is 36.4 Å². The third kappa shape index (κ3) is 3.69. The Labute approximate surface area is 162 Å². The molecule has 0 N–H and O–H groups in total. The molecule has 1 amide bonds. The van der Waals surface area contributed by atoms with Crippen molar-refractivity contribution in [1.82, 2.24) is 14.7 Å². The number of aromatic nitrogens is 2. The number of benzene rings is 2. The lowest BCUT2D eigenvalue weighted by molar-refractivity contribution is -0.130. The van der Waals surface area contributed by atoms with E-state index in [4.69, 9.17) is 9.47 Å². The normalized spacial score (nSPS) is 12.8. The van der Waals surface area contributed by atoms with Crippen molar-refractivity contribution < 1.29 is 14.3 Å². The van der Waals surface area contributed by atoms with Crippen molar-refractivity contribution in [3.63, 3.8) is 0 Å². The molecule has 0 aliphatic carbocycles. The summed E-state index contributed by atoms with van der Waals surface area (Å²) in [5, 5.41) is 4.78. The van der Waals surface area contributed by atoms with Crippen LogP contribution in [-0.4, -0.2) is 40.8 Å². The minimum atomic E-state index is -0.117. The number of para-hydroxylation sites is 1. The minimum absolute atomic E-state index is 0.000491. The standard InChI is InChI=1S/C21H21N3O4/c1-23(14-15-6-7-19-20(12-15)28-11-10-27-19)21(26)8-9-24-17-5-3-2-4-16(17)18(25)13-22-24/h2-7,12-13H,8-11,14H2,1H3. The summed E-state index contributed by atoms with van der Waals surface area (Å²) >= 11 is 0. The van der Waals surface area contributed by atoms with E-state index in [2.05, 4.69) is 5.10 Å². The van der Waals surface area contributed by atoms with Crippen LogP contribution in [0.1, 0.15) is 12.0 Å². The van der Waals surface area contributed by atoms with Gasteiger partial charge in [-0.05, 0) is 29.8 Å². The van der Waals surface area contributed by atoms with Crippen LogP contribution in [0.2, 0.25) is 0 Å². The fourth-order valence-corrected chi connectivity index (χ4v) is 3.28. The summed E-state index contributed by atoms with van der Waals surface area (Å²) < 4.78 is 12.8. The summed E-state index contributed by atoms with van der Waals surface area (Å²) in [4.78, 5) is 26.2. The van der Waals surface area contributed by atoms with Gasteiger partial charge in [0.2, 0.25) is 11.3 Å². The van der Waals surface area contributed by atoms with Crippen molar-refractivity contribution >= 4 is 16.8 Å². The largest absolute Gasteiger partial charge is 0.486 e. The highest BCUT2D eigenvalue weighted by Gasteiger charge is 2.15. The topological polar surface area (TPSA) is 73.7 Å². The molecule has 1 aromatic heterocycles. The van der Waals surface area contributed by atoms with E-state index in [0.29, 0.717) is 43.9 Å². The van der Waals surface area contributed by atoms with Crippen molar-refractivity contribution in [2.24, 2.45) is 0 Å². The Bertz CT molecular complexity index is 1080. The minimum Gasteiger partial charge on any atom is -0.486 e. The van der Waals surface area contributed by atoms with Crippen LogP contribution in [0.3, 0.4) is 0 Å². The molecular formula is C21H21N3O4. The van der Waals surface area contributed by atoms with Gasteiger partial charge in [0.05, 0.1) is 18.3 Å². The maximum atomic E-state index is 12.6. The van der Waals surface area contributed by atoms with E-state index >= 15 is 0 Å². The Morgan fingerprint density at radius 3 is 2.79 bits per heavy atom. The number of rotatable bonds is 5. The Balaban J connectivity index is 1.41. The number of hydrogen-bond donors (Lipinski definition) is 0. The van der Waals surface area contributed by atoms with Gasteiger partial charge in [0.15, 0.2) is 11.5 Å². The Morgan fingerprint density at radius 2 is 1.93 bits per heavy atom. The van der Waals surface area contributed by atoms with Gasteiger partial charge in [0.1, 0.15) is 13.2 Å². The molecule has 0 saturated carbocycles. The molecule has 0 bridgehead atoms. The van der Waals surface area contributed by atoms with Gasteiger partial charge in [-0.3, -0.25) is 14.3 Å². The maximum Gasteiger partial charge on any atom is 0.224 e. The zero-order chi connectivity index (χ0) is 19.5. The Morgan fingerprint density at radius 1 is 1.14 bits per heavy atom. The zero-order valence-electron chi connectivity index (χ0n) is 15.6. The smallest absolute Gasteiger partial charge is 0.224 e. The van der Waals surface area contributed by atoms with Crippen molar-refractivity contribution in [1.29, 1.82) is 0 Å². The zero-order valence-corrected chi connectivity index (χ0v) is 15.6. The fourth-order valence-electron chi connectivity index (χ4n) is 3.28. The molecule has 2 heterocycles. The van der Waals surface area contributed by atoms with Crippen molar-refractivity contribution in [3.05, 3.63) is 64.4 Å². The summed E-state index contributed by atoms with van der Waals surface area (Å²) in [6.07, 6.45) is 1.59. The molecule has 0 fully saturated rings. The lowest BCUT2D eigenvalue weighted by Gasteiger charge is -2.21. The van der Waals surface area contributed by atoms with E-state index < -0.39 is 0 Å². The summed E-state index contributed by atoms with van der Waals surface area (Å²) in [6.45, 7) is 1.98. The quantitative estimate of drug-likeness (QED) is 0.680. The van der Waals surface area contributed by atoms with Gasteiger partial charge >= 0.3 is 0 Å². The van der Waals surface area contributed by atoms with Crippen LogP contribution < -0.4 is 14.9 Å². The van der Waals surface area contributed by atoms with E-state index in [0.717, 1.165) is 16.8 Å². The predicted molar refractivity (Wildman–Crippen MR) is 105 cm³/mol. The molecule has 0 spiro atoms. The number of hydrogen-bond acceptors (Lipinski definition) is 5. The van der Waals surface area contributed by atoms with Crippen LogP contribution in [0, 0.1) is 0 Å². The van der Waals surface area contributed by atoms with Gasteiger partial charge in [-0.1, -0.05) is 18.2 Å². The summed E-state index contributed by atoms with van der Waals surface area (Å²) in [6, 6.07) is 13.0. The number of carbonyl (C=O) groups excluding carboxylic acids is 1. The van der Waals surface area contributed by atoms with Crippen LogP contribution in [0.25, 0.3) is 10.9 Å². The summed E-state index contributed by atoms with van der Waals surface area (Å²) in [5.41, 5.74) is 1.60. The molecule has 7 nitrogen and oxygen atoms in total. The SMILES string of the molecule is CN(Cc1ccc2c(c1)OCCO2)C(=O)CCn1ncc(=O)c2ccccc21. The average molecular weight is 379 g/mol. The molecule has 0 radical (unpaired) electrons. The van der Waals surface area contributed by atoms with Crippen molar-refractivity contribution in [2.45, 2.75) is 19.5 Å². The first-order valence-corrected chi connectivity index (χ1v) is 9.19. The lowest BCUT2D eigenvalue weighted by atomic mass is 10.1. The maximum absolute atomic E-state index is 12.6. The Hall–Kier alpha value is -3.35. The molecule has 28 heavy (non-hydrogen) atoms. The molecule has 7 heteroatoms. The van der Waals surface area contributed by atoms with Crippen LogP contribution in [0.5, 0.6) is 11.5 Å². The first-order chi connectivity index (χ1) is 13.6. The first kappa shape index (κ1) is 18.0. The van der Waals surface area contributed by atoms with Crippen LogP contribution in [0.15, 0.2) is 53.5 Å². The van der Waals surface area contributed by atoms with Gasteiger partial charge in [-0.25, -0.2) is 0 Å². The highest BCUT2D eigenvalue weighted by molar-refractivity contribution is 5.79. The van der Waals surface area contributed by atoms with Crippen LogP contribution >= 0.6 is 0 Å². The third-order valence-electron chi connectivity index (χ3n) is 4.75. The van der Waals surface area contributed by atoms with E-state index in [-0.39, 0.29) is 11.3 Å². The molecule has 4 rings (SSSR count). The van der Waals surface area contributed by atoms with Gasteiger partial charge in [0.25, 0.3) is 0 Å². The van der Waals surface area contributed by atoms with Gasteiger partial charge < -0.3 is 14.4 Å². The highest BCUT2D eigenvalue weighted by Crippen LogP contribution is 2.31. The van der Waals surface area contributed by atoms with Crippen LogP contribution in [0.4, 0.5) is 0 Å². The predicted octanol–water partition coefficient (Wildman–Crippen LogP) is 2.22. The molecule has 1 aliphatic rings. The number of aryl methyl sites for hydroxylation is 1. The number of fused-ring (bicyclic) bond motifs is 2. The second kappa shape index (κ2) is 7.72. The average Bonchev–Trinajstić information content (AvgIpc) is 2.73. The monoisotopic (exact) mass is 379 g/mol. The summed E-state index contributed by atoms with van der Waals surface area (Å²) in [7, 11) is 1.77. The molecule has 0 saturated heterocycles. The van der Waals surface area contributed by atoms with E-state index in [1.54, 1.807) is 22.7 Å². The first-order valence-electron chi connectivity index (χ1n) is 9.19. The molecule has 2 aromatic carbocycles. The molecule has 144 valence electrons. The van der Waals surface area contributed by atoms with E-state index in [9.17, 15) is 9.59 Å². The van der Waals surface area contributed by atoms with Gasteiger partial charge in [-0.2, -0.15) is 5.10 Å². The molecule has 3 aromatic rings. The fraction of sp³-hybridized carbons (Fsp3) is 0.286. The molecule has 0 unspecified atom stereocenters. The third-order valence-corrected chi connectivity index (χ3v) is 4.75. The van der Waals surface area contributed by atoms with Gasteiger partial charge in [-0.15, -0.1) is 0 Å². The number of carbonyl (C=O) groups is 1. The second-order valence-electron chi connectivity index (χ2n) is 6.73. The molecule has 0 atom stereocenters.